The first-order valence-electron chi connectivity index (χ1n) is 8.11. The van der Waals surface area contributed by atoms with E-state index in [1.54, 1.807) is 4.68 Å². The Bertz CT molecular complexity index is 684. The van der Waals surface area contributed by atoms with Crippen molar-refractivity contribution < 1.29 is 8.42 Å². The minimum absolute atomic E-state index is 0. The summed E-state index contributed by atoms with van der Waals surface area (Å²) in [5.41, 5.74) is 1.13. The van der Waals surface area contributed by atoms with Crippen molar-refractivity contribution in [2.75, 3.05) is 25.1 Å². The molecule has 7 nitrogen and oxygen atoms in total. The van der Waals surface area contributed by atoms with Gasteiger partial charge >= 0.3 is 0 Å². The molecule has 1 saturated carbocycles. The van der Waals surface area contributed by atoms with E-state index >= 15 is 0 Å². The van der Waals surface area contributed by atoms with Gasteiger partial charge in [-0.15, -0.1) is 24.0 Å². The van der Waals surface area contributed by atoms with Gasteiger partial charge in [-0.05, 0) is 25.2 Å². The highest BCUT2D eigenvalue weighted by atomic mass is 127. The molecule has 2 heterocycles. The quantitative estimate of drug-likeness (QED) is 0.398. The summed E-state index contributed by atoms with van der Waals surface area (Å²) < 4.78 is 24.9. The van der Waals surface area contributed by atoms with Crippen LogP contribution < -0.4 is 5.32 Å². The second kappa shape index (κ2) is 8.03. The molecule has 1 aliphatic carbocycles. The minimum Gasteiger partial charge on any atom is -0.354 e. The molecule has 0 radical (unpaired) electrons. The van der Waals surface area contributed by atoms with Gasteiger partial charge in [-0.2, -0.15) is 5.10 Å². The van der Waals surface area contributed by atoms with Crippen LogP contribution in [0.3, 0.4) is 0 Å². The largest absolute Gasteiger partial charge is 0.354 e. The standard InChI is InChI=1S/C15H25N5O2S.HI/c1-19(9-13-8-17-20(2)10-13)15(18-14-3-4-14)16-7-12-5-6-23(21,22)11-12;/h8,10,12,14H,3-7,9,11H2,1-2H3,(H,16,18);1H. The second-order valence-corrected chi connectivity index (χ2v) is 8.96. The van der Waals surface area contributed by atoms with E-state index in [0.717, 1.165) is 24.5 Å². The van der Waals surface area contributed by atoms with E-state index in [1.165, 1.54) is 12.8 Å². The highest BCUT2D eigenvalue weighted by molar-refractivity contribution is 14.0. The van der Waals surface area contributed by atoms with Crippen molar-refractivity contribution >= 4 is 39.8 Å². The lowest BCUT2D eigenvalue weighted by Crippen LogP contribution is -2.40. The van der Waals surface area contributed by atoms with Gasteiger partial charge in [-0.25, -0.2) is 8.42 Å². The Kier molecular flexibility index (Phi) is 6.52. The molecule has 9 heteroatoms. The summed E-state index contributed by atoms with van der Waals surface area (Å²) in [5.74, 6) is 1.60. The molecule has 136 valence electrons. The third-order valence-electron chi connectivity index (χ3n) is 4.28. The predicted octanol–water partition coefficient (Wildman–Crippen LogP) is 1.01. The van der Waals surface area contributed by atoms with Gasteiger partial charge in [0.1, 0.15) is 0 Å². The van der Waals surface area contributed by atoms with Crippen molar-refractivity contribution in [3.05, 3.63) is 18.0 Å². The molecule has 0 amide bonds. The van der Waals surface area contributed by atoms with Gasteiger partial charge in [0.25, 0.3) is 0 Å². The van der Waals surface area contributed by atoms with Gasteiger partial charge in [0.2, 0.25) is 0 Å². The summed E-state index contributed by atoms with van der Waals surface area (Å²) in [4.78, 5) is 6.78. The van der Waals surface area contributed by atoms with Crippen LogP contribution >= 0.6 is 24.0 Å². The molecule has 0 spiro atoms. The number of nitrogens with one attached hydrogen (secondary N) is 1. The summed E-state index contributed by atoms with van der Waals surface area (Å²) in [5, 5.41) is 7.65. The lowest BCUT2D eigenvalue weighted by atomic mass is 10.1. The van der Waals surface area contributed by atoms with Crippen molar-refractivity contribution in [1.29, 1.82) is 0 Å². The molecular weight excluding hydrogens is 441 g/mol. The molecular formula is C15H26IN5O2S. The number of hydrogen-bond acceptors (Lipinski definition) is 4. The first kappa shape index (κ1) is 19.5. The summed E-state index contributed by atoms with van der Waals surface area (Å²) in [7, 11) is 1.08. The topological polar surface area (TPSA) is 79.6 Å². The number of nitrogens with zero attached hydrogens (tertiary/aromatic N) is 4. The fourth-order valence-electron chi connectivity index (χ4n) is 2.82. The highest BCUT2D eigenvalue weighted by Crippen LogP contribution is 2.21. The molecule has 0 bridgehead atoms. The van der Waals surface area contributed by atoms with Crippen LogP contribution in [-0.4, -0.2) is 60.2 Å². The third-order valence-corrected chi connectivity index (χ3v) is 6.11. The highest BCUT2D eigenvalue weighted by Gasteiger charge is 2.28. The Morgan fingerprint density at radius 2 is 2.21 bits per heavy atom. The normalized spacial score (nSPS) is 22.9. The molecule has 3 rings (SSSR count). The lowest BCUT2D eigenvalue weighted by Gasteiger charge is -2.22. The third kappa shape index (κ3) is 5.61. The number of guanidine groups is 1. The Labute approximate surface area is 160 Å². The lowest BCUT2D eigenvalue weighted by molar-refractivity contribution is 0.469. The molecule has 2 fully saturated rings. The monoisotopic (exact) mass is 467 g/mol. The van der Waals surface area contributed by atoms with Crippen LogP contribution in [0.4, 0.5) is 0 Å². The van der Waals surface area contributed by atoms with Gasteiger partial charge < -0.3 is 10.2 Å². The second-order valence-electron chi connectivity index (χ2n) is 6.73. The zero-order chi connectivity index (χ0) is 16.4. The Hall–Kier alpha value is -0.840. The fraction of sp³-hybridized carbons (Fsp3) is 0.733. The average Bonchev–Trinajstić information content (AvgIpc) is 3.11. The summed E-state index contributed by atoms with van der Waals surface area (Å²) in [6.07, 6.45) is 6.94. The Morgan fingerprint density at radius 3 is 2.75 bits per heavy atom. The molecule has 1 saturated heterocycles. The molecule has 0 aromatic carbocycles. The van der Waals surface area contributed by atoms with E-state index in [-0.39, 0.29) is 35.6 Å². The van der Waals surface area contributed by atoms with Crippen molar-refractivity contribution in [2.45, 2.75) is 31.8 Å². The molecule has 24 heavy (non-hydrogen) atoms. The van der Waals surface area contributed by atoms with Crippen LogP contribution in [-0.2, 0) is 23.4 Å². The summed E-state index contributed by atoms with van der Waals surface area (Å²) >= 11 is 0. The van der Waals surface area contributed by atoms with Gasteiger partial charge in [0.05, 0.1) is 17.7 Å². The molecule has 1 aromatic rings. The van der Waals surface area contributed by atoms with Crippen LogP contribution in [0.1, 0.15) is 24.8 Å². The molecule has 2 aliphatic rings. The van der Waals surface area contributed by atoms with Crippen molar-refractivity contribution in [1.82, 2.24) is 20.0 Å². The zero-order valence-corrected chi connectivity index (χ0v) is 17.3. The first-order chi connectivity index (χ1) is 10.9. The maximum absolute atomic E-state index is 11.6. The van der Waals surface area contributed by atoms with Gasteiger partial charge in [0.15, 0.2) is 15.8 Å². The summed E-state index contributed by atoms with van der Waals surface area (Å²) in [6, 6.07) is 0.511. The molecule has 1 aromatic heterocycles. The van der Waals surface area contributed by atoms with E-state index in [1.807, 2.05) is 26.5 Å². The van der Waals surface area contributed by atoms with Crippen LogP contribution in [0.2, 0.25) is 0 Å². The smallest absolute Gasteiger partial charge is 0.194 e. The molecule has 1 aliphatic heterocycles. The van der Waals surface area contributed by atoms with E-state index in [0.29, 0.717) is 18.3 Å². The average molecular weight is 467 g/mol. The van der Waals surface area contributed by atoms with Crippen molar-refractivity contribution in [2.24, 2.45) is 18.0 Å². The van der Waals surface area contributed by atoms with Crippen molar-refractivity contribution in [3.63, 3.8) is 0 Å². The number of aromatic nitrogens is 2. The van der Waals surface area contributed by atoms with Crippen molar-refractivity contribution in [3.8, 4) is 0 Å². The first-order valence-corrected chi connectivity index (χ1v) is 9.93. The van der Waals surface area contributed by atoms with Gasteiger partial charge in [-0.1, -0.05) is 0 Å². The SMILES string of the molecule is CN(Cc1cnn(C)c1)C(=NCC1CCS(=O)(=O)C1)NC1CC1.I. The number of hydrogen-bond donors (Lipinski definition) is 1. The zero-order valence-electron chi connectivity index (χ0n) is 14.2. The fourth-order valence-corrected chi connectivity index (χ4v) is 4.67. The van der Waals surface area contributed by atoms with Gasteiger partial charge in [0, 0.05) is 45.0 Å². The van der Waals surface area contributed by atoms with E-state index in [9.17, 15) is 8.42 Å². The number of aryl methyl sites for hydroxylation is 1. The molecule has 1 atom stereocenters. The van der Waals surface area contributed by atoms with E-state index in [2.05, 4.69) is 15.3 Å². The van der Waals surface area contributed by atoms with Crippen LogP contribution in [0.5, 0.6) is 0 Å². The Balaban J connectivity index is 0.00000208. The molecule has 1 unspecified atom stereocenters. The predicted molar refractivity (Wildman–Crippen MR) is 105 cm³/mol. The maximum Gasteiger partial charge on any atom is 0.194 e. The van der Waals surface area contributed by atoms with E-state index < -0.39 is 9.84 Å². The van der Waals surface area contributed by atoms with E-state index in [4.69, 9.17) is 4.99 Å². The maximum atomic E-state index is 11.6. The minimum atomic E-state index is -2.83. The number of rotatable bonds is 5. The van der Waals surface area contributed by atoms with Crippen LogP contribution in [0.25, 0.3) is 0 Å². The van der Waals surface area contributed by atoms with Crippen LogP contribution in [0.15, 0.2) is 17.4 Å². The number of halogens is 1. The van der Waals surface area contributed by atoms with Gasteiger partial charge in [-0.3, -0.25) is 9.67 Å². The Morgan fingerprint density at radius 1 is 1.46 bits per heavy atom. The molecule has 1 N–H and O–H groups in total. The number of aliphatic imine (C=N–C) groups is 1. The summed E-state index contributed by atoms with van der Waals surface area (Å²) in [6.45, 7) is 1.31. The number of sulfone groups is 1. The van der Waals surface area contributed by atoms with Crippen LogP contribution in [0, 0.1) is 5.92 Å².